The van der Waals surface area contributed by atoms with Gasteiger partial charge in [0.1, 0.15) is 5.82 Å². The number of rotatable bonds is 4. The van der Waals surface area contributed by atoms with E-state index in [-0.39, 0.29) is 17.3 Å². The lowest BCUT2D eigenvalue weighted by Gasteiger charge is -2.17. The smallest absolute Gasteiger partial charge is 0.363 e. The van der Waals surface area contributed by atoms with E-state index in [0.717, 1.165) is 5.56 Å². The monoisotopic (exact) mass is 396 g/mol. The molecule has 0 amide bonds. The summed E-state index contributed by atoms with van der Waals surface area (Å²) in [4.78, 5) is 4.39. The van der Waals surface area contributed by atoms with E-state index in [1.54, 1.807) is 43.3 Å². The number of nitrogens with one attached hydrogen (secondary N) is 1. The van der Waals surface area contributed by atoms with Gasteiger partial charge >= 0.3 is 6.18 Å². The molecule has 0 aliphatic carbocycles. The number of aromatic nitrogens is 3. The second-order valence-corrected chi connectivity index (χ2v) is 6.88. The normalized spacial score (nSPS) is 12.9. The molecule has 7 heteroatoms. The molecule has 0 aliphatic rings. The van der Waals surface area contributed by atoms with Gasteiger partial charge in [-0.2, -0.15) is 22.8 Å². The zero-order chi connectivity index (χ0) is 20.6. The molecule has 0 saturated carbocycles. The minimum absolute atomic E-state index is 0.0165. The highest BCUT2D eigenvalue weighted by Gasteiger charge is 2.39. The number of hydrogen-bond donors (Lipinski definition) is 1. The Morgan fingerprint density at radius 3 is 2.21 bits per heavy atom. The van der Waals surface area contributed by atoms with Gasteiger partial charge in [-0.15, -0.1) is 0 Å². The van der Waals surface area contributed by atoms with Crippen LogP contribution < -0.4 is 5.32 Å². The van der Waals surface area contributed by atoms with Gasteiger partial charge in [0.25, 0.3) is 0 Å². The molecular formula is C22H19F3N4. The summed E-state index contributed by atoms with van der Waals surface area (Å²) < 4.78 is 42.7. The molecule has 2 heterocycles. The molecule has 148 valence electrons. The molecule has 1 atom stereocenters. The Kier molecular flexibility index (Phi) is 4.74. The van der Waals surface area contributed by atoms with Crippen LogP contribution in [0.15, 0.2) is 66.7 Å². The minimum Gasteiger partial charge on any atom is -0.363 e. The fourth-order valence-corrected chi connectivity index (χ4v) is 3.36. The van der Waals surface area contributed by atoms with Crippen molar-refractivity contribution in [1.29, 1.82) is 0 Å². The van der Waals surface area contributed by atoms with Crippen molar-refractivity contribution >= 4 is 11.5 Å². The standard InChI is InChI=1S/C22H19F3N4/c1-14-13-18(27-15(2)16-9-5-3-6-10-16)29-21(26-14)19(17-11-7-4-8-12-17)20(28-29)22(23,24)25/h3-13,15,27H,1-2H3/t15-/m0/s1. The lowest BCUT2D eigenvalue weighted by atomic mass is 10.1. The molecule has 0 saturated heterocycles. The van der Waals surface area contributed by atoms with Crippen LogP contribution in [0.5, 0.6) is 0 Å². The van der Waals surface area contributed by atoms with E-state index < -0.39 is 11.9 Å². The van der Waals surface area contributed by atoms with Crippen LogP contribution in [0, 0.1) is 6.92 Å². The molecule has 0 spiro atoms. The van der Waals surface area contributed by atoms with Gasteiger partial charge in [0.2, 0.25) is 0 Å². The number of halogens is 3. The molecule has 4 nitrogen and oxygen atoms in total. The quantitative estimate of drug-likeness (QED) is 0.467. The highest BCUT2D eigenvalue weighted by Crippen LogP contribution is 2.39. The van der Waals surface area contributed by atoms with E-state index in [1.807, 2.05) is 37.3 Å². The van der Waals surface area contributed by atoms with Gasteiger partial charge in [-0.25, -0.2) is 4.98 Å². The summed E-state index contributed by atoms with van der Waals surface area (Å²) in [5.74, 6) is 0.455. The molecule has 0 bridgehead atoms. The summed E-state index contributed by atoms with van der Waals surface area (Å²) in [6.07, 6.45) is -4.60. The third-order valence-electron chi connectivity index (χ3n) is 4.71. The van der Waals surface area contributed by atoms with Gasteiger partial charge in [-0.05, 0) is 25.0 Å². The van der Waals surface area contributed by atoms with Crippen molar-refractivity contribution in [1.82, 2.24) is 14.6 Å². The van der Waals surface area contributed by atoms with Gasteiger partial charge in [0, 0.05) is 17.8 Å². The van der Waals surface area contributed by atoms with Crippen molar-refractivity contribution in [3.63, 3.8) is 0 Å². The van der Waals surface area contributed by atoms with E-state index in [0.29, 0.717) is 17.1 Å². The van der Waals surface area contributed by atoms with E-state index in [9.17, 15) is 13.2 Å². The maximum absolute atomic E-state index is 13.8. The van der Waals surface area contributed by atoms with Gasteiger partial charge in [-0.1, -0.05) is 60.7 Å². The first kappa shape index (κ1) is 19.0. The Morgan fingerprint density at radius 1 is 0.966 bits per heavy atom. The summed E-state index contributed by atoms with van der Waals surface area (Å²) in [6, 6.07) is 19.7. The van der Waals surface area contributed by atoms with Gasteiger partial charge in [0.15, 0.2) is 11.3 Å². The highest BCUT2D eigenvalue weighted by atomic mass is 19.4. The molecule has 0 unspecified atom stereocenters. The molecule has 4 aromatic rings. The van der Waals surface area contributed by atoms with Crippen molar-refractivity contribution in [2.45, 2.75) is 26.1 Å². The molecule has 0 radical (unpaired) electrons. The van der Waals surface area contributed by atoms with Crippen LogP contribution in [0.3, 0.4) is 0 Å². The Hall–Kier alpha value is -3.35. The Labute approximate surface area is 166 Å². The zero-order valence-corrected chi connectivity index (χ0v) is 15.9. The molecule has 1 N–H and O–H groups in total. The first-order chi connectivity index (χ1) is 13.8. The maximum atomic E-state index is 13.8. The van der Waals surface area contributed by atoms with Crippen LogP contribution in [0.1, 0.15) is 29.9 Å². The van der Waals surface area contributed by atoms with Crippen LogP contribution in [-0.4, -0.2) is 14.6 Å². The van der Waals surface area contributed by atoms with Crippen molar-refractivity contribution < 1.29 is 13.2 Å². The topological polar surface area (TPSA) is 42.2 Å². The van der Waals surface area contributed by atoms with E-state index in [4.69, 9.17) is 0 Å². The third-order valence-corrected chi connectivity index (χ3v) is 4.71. The molecule has 2 aromatic heterocycles. The SMILES string of the molecule is Cc1cc(N[C@@H](C)c2ccccc2)n2nc(C(F)(F)F)c(-c3ccccc3)c2n1. The fourth-order valence-electron chi connectivity index (χ4n) is 3.36. The number of alkyl halides is 3. The van der Waals surface area contributed by atoms with Gasteiger partial charge in [-0.3, -0.25) is 0 Å². The van der Waals surface area contributed by atoms with Crippen LogP contribution in [0.4, 0.5) is 19.0 Å². The summed E-state index contributed by atoms with van der Waals surface area (Å²) >= 11 is 0. The van der Waals surface area contributed by atoms with E-state index in [2.05, 4.69) is 15.4 Å². The fraction of sp³-hybridized carbons (Fsp3) is 0.182. The highest BCUT2D eigenvalue weighted by molar-refractivity contribution is 5.81. The van der Waals surface area contributed by atoms with Crippen molar-refractivity contribution in [2.24, 2.45) is 0 Å². The average molecular weight is 396 g/mol. The van der Waals surface area contributed by atoms with Crippen LogP contribution in [0.25, 0.3) is 16.8 Å². The molecule has 4 rings (SSSR count). The second kappa shape index (κ2) is 7.24. The predicted octanol–water partition coefficient (Wildman–Crippen LogP) is 5.90. The largest absolute Gasteiger partial charge is 0.435 e. The Balaban J connectivity index is 1.90. The first-order valence-electron chi connectivity index (χ1n) is 9.19. The second-order valence-electron chi connectivity index (χ2n) is 6.88. The molecule has 0 aliphatic heterocycles. The molecular weight excluding hydrogens is 377 g/mol. The number of benzene rings is 2. The molecule has 29 heavy (non-hydrogen) atoms. The summed E-state index contributed by atoms with van der Waals surface area (Å²) in [5, 5.41) is 7.19. The third kappa shape index (κ3) is 3.68. The Morgan fingerprint density at radius 2 is 1.59 bits per heavy atom. The Bertz CT molecular complexity index is 1140. The maximum Gasteiger partial charge on any atom is 0.435 e. The van der Waals surface area contributed by atoms with Crippen molar-refractivity contribution in [3.8, 4) is 11.1 Å². The zero-order valence-electron chi connectivity index (χ0n) is 15.9. The number of fused-ring (bicyclic) bond motifs is 1. The average Bonchev–Trinajstić information content (AvgIpc) is 3.09. The summed E-state index contributed by atoms with van der Waals surface area (Å²) in [5.41, 5.74) is 1.25. The number of nitrogens with zero attached hydrogens (tertiary/aromatic N) is 3. The van der Waals surface area contributed by atoms with E-state index >= 15 is 0 Å². The minimum atomic E-state index is -4.60. The summed E-state index contributed by atoms with van der Waals surface area (Å²) in [7, 11) is 0. The first-order valence-corrected chi connectivity index (χ1v) is 9.19. The summed E-state index contributed by atoms with van der Waals surface area (Å²) in [6.45, 7) is 3.70. The number of hydrogen-bond acceptors (Lipinski definition) is 3. The number of anilines is 1. The van der Waals surface area contributed by atoms with Crippen LogP contribution >= 0.6 is 0 Å². The molecule has 2 aromatic carbocycles. The van der Waals surface area contributed by atoms with Crippen molar-refractivity contribution in [3.05, 3.63) is 83.7 Å². The molecule has 0 fully saturated rings. The number of aryl methyl sites for hydroxylation is 1. The van der Waals surface area contributed by atoms with Crippen LogP contribution in [-0.2, 0) is 6.18 Å². The predicted molar refractivity (Wildman–Crippen MR) is 107 cm³/mol. The van der Waals surface area contributed by atoms with Crippen molar-refractivity contribution in [2.75, 3.05) is 5.32 Å². The lowest BCUT2D eigenvalue weighted by Crippen LogP contribution is -2.12. The van der Waals surface area contributed by atoms with Gasteiger partial charge in [0.05, 0.1) is 5.56 Å². The van der Waals surface area contributed by atoms with E-state index in [1.165, 1.54) is 4.52 Å². The van der Waals surface area contributed by atoms with Crippen LogP contribution in [0.2, 0.25) is 0 Å². The van der Waals surface area contributed by atoms with Gasteiger partial charge < -0.3 is 5.32 Å². The lowest BCUT2D eigenvalue weighted by molar-refractivity contribution is -0.140.